The van der Waals surface area contributed by atoms with Crippen molar-refractivity contribution in [3.8, 4) is 0 Å². The normalized spacial score (nSPS) is 14.4. The minimum atomic E-state index is -2.26. The number of hydrogen-bond donors (Lipinski definition) is 2. The summed E-state index contributed by atoms with van der Waals surface area (Å²) in [4.78, 5) is 0. The van der Waals surface area contributed by atoms with E-state index in [1.54, 1.807) is 0 Å². The molecule has 0 fully saturated rings. The van der Waals surface area contributed by atoms with Gasteiger partial charge in [0.25, 0.3) is 0 Å². The van der Waals surface area contributed by atoms with Crippen LogP contribution in [0.1, 0.15) is 129 Å². The van der Waals surface area contributed by atoms with Crippen LogP contribution in [0.3, 0.4) is 0 Å². The van der Waals surface area contributed by atoms with Crippen LogP contribution in [0.25, 0.3) is 0 Å². The topological polar surface area (TPSA) is 77.4 Å². The van der Waals surface area contributed by atoms with Gasteiger partial charge in [-0.2, -0.15) is 0 Å². The molecule has 0 aliphatic rings. The standard InChI is InChI=1S/C40H90N2O6SSi2/c1-11-13-15-17-19-21-23-25-29-41(3,4)35-39(43)37-45-31-27-33-49-47-51(9,10)48-50(7,8)34-28-32-46-38-40(44)36-42(5,6)30-26-24-22-20-18-16-14-12-2/h39-40,43-44H,11-38H2,1-10H3/q+2. The molecule has 0 saturated carbocycles. The van der Waals surface area contributed by atoms with Gasteiger partial charge >= 0.3 is 8.56 Å². The zero-order valence-electron chi connectivity index (χ0n) is 35.8. The third kappa shape index (κ3) is 34.7. The average Bonchev–Trinajstić information content (AvgIpc) is 3.01. The van der Waals surface area contributed by atoms with Crippen LogP contribution in [-0.2, 0) is 17.5 Å². The van der Waals surface area contributed by atoms with Crippen LogP contribution in [0.4, 0.5) is 0 Å². The van der Waals surface area contributed by atoms with E-state index in [1.165, 1.54) is 115 Å². The second-order valence-corrected chi connectivity index (χ2v) is 26.7. The van der Waals surface area contributed by atoms with Crippen LogP contribution in [0, 0.1) is 0 Å². The van der Waals surface area contributed by atoms with Crippen molar-refractivity contribution in [3.05, 3.63) is 0 Å². The second kappa shape index (κ2) is 30.7. The van der Waals surface area contributed by atoms with Crippen molar-refractivity contribution in [2.24, 2.45) is 0 Å². The number of nitrogens with zero attached hydrogens (tertiary/aromatic N) is 2. The van der Waals surface area contributed by atoms with E-state index in [1.807, 2.05) is 0 Å². The summed E-state index contributed by atoms with van der Waals surface area (Å²) in [7, 11) is 4.74. The molecular formula is C40H90N2O6SSi2+2. The Balaban J connectivity index is 3.97. The average molecular weight is 783 g/mol. The molecule has 0 spiro atoms. The molecular weight excluding hydrogens is 693 g/mol. The van der Waals surface area contributed by atoms with Crippen molar-refractivity contribution < 1.29 is 36.6 Å². The molecule has 0 rings (SSSR count). The van der Waals surface area contributed by atoms with Crippen LogP contribution in [-0.4, -0.2) is 135 Å². The highest BCUT2D eigenvalue weighted by molar-refractivity contribution is 7.95. The van der Waals surface area contributed by atoms with E-state index >= 15 is 0 Å². The Morgan fingerprint density at radius 1 is 0.549 bits per heavy atom. The first-order chi connectivity index (χ1) is 24.0. The third-order valence-electron chi connectivity index (χ3n) is 9.63. The molecule has 0 heterocycles. The molecule has 0 aromatic heterocycles. The van der Waals surface area contributed by atoms with E-state index in [9.17, 15) is 10.2 Å². The predicted octanol–water partition coefficient (Wildman–Crippen LogP) is 9.54. The summed E-state index contributed by atoms with van der Waals surface area (Å²) in [6, 6.07) is 1.01. The number of aliphatic hydroxyl groups excluding tert-OH is 2. The van der Waals surface area contributed by atoms with Crippen molar-refractivity contribution in [1.29, 1.82) is 0 Å². The van der Waals surface area contributed by atoms with E-state index in [0.717, 1.165) is 59.8 Å². The molecule has 2 atom stereocenters. The number of likely N-dealkylation sites (N-methyl/N-ethyl adjacent to an activating group) is 2. The summed E-state index contributed by atoms with van der Waals surface area (Å²) in [5.41, 5.74) is 0. The highest BCUT2D eigenvalue weighted by Crippen LogP contribution is 2.24. The van der Waals surface area contributed by atoms with Gasteiger partial charge in [-0.05, 0) is 82.8 Å². The largest absolute Gasteiger partial charge is 0.436 e. The van der Waals surface area contributed by atoms with Crippen molar-refractivity contribution in [2.75, 3.05) is 86.6 Å². The summed E-state index contributed by atoms with van der Waals surface area (Å²) in [5.74, 6) is 0.850. The number of aliphatic hydroxyl groups is 2. The van der Waals surface area contributed by atoms with Gasteiger partial charge < -0.3 is 36.6 Å². The maximum Gasteiger partial charge on any atom is 0.334 e. The third-order valence-corrected chi connectivity index (χ3v) is 17.9. The quantitative estimate of drug-likeness (QED) is 0.0280. The second-order valence-electron chi connectivity index (χ2n) is 17.7. The number of rotatable bonds is 38. The zero-order chi connectivity index (χ0) is 38.5. The van der Waals surface area contributed by atoms with E-state index in [-0.39, 0.29) is 0 Å². The number of hydrogen-bond acceptors (Lipinski definition) is 7. The molecule has 0 aromatic carbocycles. The van der Waals surface area contributed by atoms with Gasteiger partial charge in [-0.1, -0.05) is 90.9 Å². The first-order valence-electron chi connectivity index (χ1n) is 21.2. The number of unbranched alkanes of at least 4 members (excludes halogenated alkanes) is 14. The number of ether oxygens (including phenoxy) is 2. The van der Waals surface area contributed by atoms with Crippen molar-refractivity contribution >= 4 is 28.9 Å². The van der Waals surface area contributed by atoms with Crippen LogP contribution in [0.15, 0.2) is 0 Å². The Hall–Kier alpha value is 0.464. The van der Waals surface area contributed by atoms with Gasteiger partial charge in [0.15, 0.2) is 8.32 Å². The first-order valence-corrected chi connectivity index (χ1v) is 28.0. The van der Waals surface area contributed by atoms with Crippen molar-refractivity contribution in [3.63, 3.8) is 0 Å². The summed E-state index contributed by atoms with van der Waals surface area (Å²) in [6.45, 7) is 19.1. The Kier molecular flexibility index (Phi) is 30.9. The molecule has 2 N–H and O–H groups in total. The Labute approximate surface area is 324 Å². The molecule has 11 heteroatoms. The van der Waals surface area contributed by atoms with Crippen LogP contribution in [0.2, 0.25) is 32.2 Å². The van der Waals surface area contributed by atoms with Gasteiger partial charge in [-0.25, -0.2) is 0 Å². The fourth-order valence-electron chi connectivity index (χ4n) is 6.95. The lowest BCUT2D eigenvalue weighted by molar-refractivity contribution is -0.893. The number of quaternary nitrogens is 2. The highest BCUT2D eigenvalue weighted by atomic mass is 32.2. The van der Waals surface area contributed by atoms with E-state index in [4.69, 9.17) is 17.5 Å². The van der Waals surface area contributed by atoms with Gasteiger partial charge in [0.05, 0.1) is 54.5 Å². The van der Waals surface area contributed by atoms with Crippen molar-refractivity contribution in [1.82, 2.24) is 0 Å². The summed E-state index contributed by atoms with van der Waals surface area (Å²) in [6.07, 6.45) is 22.3. The summed E-state index contributed by atoms with van der Waals surface area (Å²) in [5, 5.41) is 21.2. The van der Waals surface area contributed by atoms with Gasteiger partial charge in [-0.15, -0.1) is 0 Å². The maximum atomic E-state index is 10.6. The molecule has 0 saturated heterocycles. The van der Waals surface area contributed by atoms with E-state index < -0.39 is 29.1 Å². The Morgan fingerprint density at radius 3 is 1.37 bits per heavy atom. The van der Waals surface area contributed by atoms with Crippen LogP contribution >= 0.6 is 12.0 Å². The lowest BCUT2D eigenvalue weighted by atomic mass is 10.1. The van der Waals surface area contributed by atoms with Crippen LogP contribution < -0.4 is 0 Å². The Morgan fingerprint density at radius 2 is 0.941 bits per heavy atom. The van der Waals surface area contributed by atoms with Gasteiger partial charge in [-0.3, -0.25) is 0 Å². The summed E-state index contributed by atoms with van der Waals surface area (Å²) < 4.78 is 26.2. The molecule has 0 aliphatic heterocycles. The molecule has 8 nitrogen and oxygen atoms in total. The fourth-order valence-corrected chi connectivity index (χ4v) is 15.8. The van der Waals surface area contributed by atoms with Crippen molar-refractivity contribution in [2.45, 2.75) is 174 Å². The van der Waals surface area contributed by atoms with Crippen LogP contribution in [0.5, 0.6) is 0 Å². The lowest BCUT2D eigenvalue weighted by Gasteiger charge is -2.33. The summed E-state index contributed by atoms with van der Waals surface area (Å²) >= 11 is 1.50. The SMILES string of the molecule is CCCCCCCCCC[N+](C)(C)CC(O)COCCCSO[Si](C)(C)O[Si](C)(C)CCCOCC(O)C[N+](C)(C)CCCCCCCCCC. The maximum absolute atomic E-state index is 10.6. The predicted molar refractivity (Wildman–Crippen MR) is 226 cm³/mol. The molecule has 0 aromatic rings. The molecule has 0 amide bonds. The van der Waals surface area contributed by atoms with Gasteiger partial charge in [0.1, 0.15) is 25.3 Å². The van der Waals surface area contributed by atoms with E-state index in [0.29, 0.717) is 26.4 Å². The minimum Gasteiger partial charge on any atom is -0.436 e. The molecule has 0 radical (unpaired) electrons. The van der Waals surface area contributed by atoms with Gasteiger partial charge in [0.2, 0.25) is 0 Å². The highest BCUT2D eigenvalue weighted by Gasteiger charge is 2.35. The minimum absolute atomic E-state index is 0.396. The Bertz CT molecular complexity index is 794. The zero-order valence-corrected chi connectivity index (χ0v) is 38.6. The lowest BCUT2D eigenvalue weighted by Crippen LogP contribution is -2.47. The molecule has 2 unspecified atom stereocenters. The first kappa shape index (κ1) is 51.5. The van der Waals surface area contributed by atoms with E-state index in [2.05, 4.69) is 68.2 Å². The molecule has 0 bridgehead atoms. The smallest absolute Gasteiger partial charge is 0.334 e. The molecule has 0 aliphatic carbocycles. The van der Waals surface area contributed by atoms with Gasteiger partial charge in [0, 0.05) is 19.0 Å². The molecule has 51 heavy (non-hydrogen) atoms. The fraction of sp³-hybridized carbons (Fsp3) is 1.00. The molecule has 308 valence electrons. The monoisotopic (exact) mass is 783 g/mol.